The zero-order chi connectivity index (χ0) is 35.1. The van der Waals surface area contributed by atoms with Crippen LogP contribution in [0.3, 0.4) is 0 Å². The van der Waals surface area contributed by atoms with E-state index in [1.54, 1.807) is 23.0 Å². The first-order chi connectivity index (χ1) is 23.2. The highest BCUT2D eigenvalue weighted by atomic mass is 16.3. The maximum atomic E-state index is 12.8. The number of hydrogen-bond donors (Lipinski definition) is 6. The Morgan fingerprint density at radius 1 is 1.04 bits per heavy atom. The summed E-state index contributed by atoms with van der Waals surface area (Å²) in [5.41, 5.74) is 18.5. The number of anilines is 3. The van der Waals surface area contributed by atoms with Crippen molar-refractivity contribution in [2.75, 3.05) is 30.9 Å². The Morgan fingerprint density at radius 3 is 2.44 bits per heavy atom. The lowest BCUT2D eigenvalue weighted by atomic mass is 10.1. The van der Waals surface area contributed by atoms with E-state index in [2.05, 4.69) is 46.9 Å². The Morgan fingerprint density at radius 2 is 1.77 bits per heavy atom. The van der Waals surface area contributed by atoms with Crippen molar-refractivity contribution in [1.29, 1.82) is 0 Å². The summed E-state index contributed by atoms with van der Waals surface area (Å²) in [5, 5.41) is 28.3. The van der Waals surface area contributed by atoms with Gasteiger partial charge in [-0.1, -0.05) is 23.4 Å². The van der Waals surface area contributed by atoms with Gasteiger partial charge in [0.2, 0.25) is 5.95 Å². The average molecular weight is 658 g/mol. The maximum absolute atomic E-state index is 12.8. The van der Waals surface area contributed by atoms with Crippen LogP contribution in [0, 0.1) is 6.92 Å². The monoisotopic (exact) mass is 657 g/mol. The number of nitrogens with two attached hydrogens (primary N) is 2. The first-order valence-electron chi connectivity index (χ1n) is 14.9. The van der Waals surface area contributed by atoms with Crippen LogP contribution in [0.1, 0.15) is 40.0 Å². The fourth-order valence-corrected chi connectivity index (χ4v) is 4.74. The Kier molecular flexibility index (Phi) is 13.8. The van der Waals surface area contributed by atoms with Gasteiger partial charge in [-0.3, -0.25) is 14.3 Å². The molecule has 0 saturated heterocycles. The smallest absolute Gasteiger partial charge is 0.290 e. The highest BCUT2D eigenvalue weighted by Gasteiger charge is 2.14. The van der Waals surface area contributed by atoms with Crippen LogP contribution in [0.2, 0.25) is 0 Å². The van der Waals surface area contributed by atoms with Crippen molar-refractivity contribution >= 4 is 47.3 Å². The van der Waals surface area contributed by atoms with Crippen LogP contribution in [-0.4, -0.2) is 84.0 Å². The Balaban J connectivity index is 0.00000118. The normalized spacial score (nSPS) is 10.9. The molecule has 1 amide bonds. The first-order valence-corrected chi connectivity index (χ1v) is 14.9. The number of amides is 1. The van der Waals surface area contributed by atoms with Crippen molar-refractivity contribution in [1.82, 2.24) is 40.2 Å². The summed E-state index contributed by atoms with van der Waals surface area (Å²) in [4.78, 5) is 49.6. The van der Waals surface area contributed by atoms with Gasteiger partial charge >= 0.3 is 0 Å². The lowest BCUT2D eigenvalue weighted by Crippen LogP contribution is -2.36. The second kappa shape index (κ2) is 18.2. The number of carboxylic acid groups (broad SMARTS) is 1. The van der Waals surface area contributed by atoms with Crippen LogP contribution < -0.4 is 22.1 Å². The number of nitrogens with one attached hydrogen (secondary N) is 2. The quantitative estimate of drug-likeness (QED) is 0.105. The molecule has 3 heterocycles. The molecule has 0 radical (unpaired) electrons. The molecule has 5 aromatic rings. The van der Waals surface area contributed by atoms with E-state index in [4.69, 9.17) is 26.5 Å². The summed E-state index contributed by atoms with van der Waals surface area (Å²) in [5.74, 6) is -0.0590. The molecule has 16 heteroatoms. The van der Waals surface area contributed by atoms with Gasteiger partial charge < -0.3 is 37.1 Å². The number of aldehydes is 1. The Labute approximate surface area is 276 Å². The lowest BCUT2D eigenvalue weighted by molar-refractivity contribution is -0.122. The van der Waals surface area contributed by atoms with Gasteiger partial charge in [-0.2, -0.15) is 9.97 Å². The largest absolute Gasteiger partial charge is 0.483 e. The zero-order valence-electron chi connectivity index (χ0n) is 26.9. The summed E-state index contributed by atoms with van der Waals surface area (Å²) in [6, 6.07) is 12.7. The van der Waals surface area contributed by atoms with Gasteiger partial charge in [0.25, 0.3) is 12.4 Å². The topological polar surface area (TPSA) is 250 Å². The summed E-state index contributed by atoms with van der Waals surface area (Å²) < 4.78 is 1.76. The van der Waals surface area contributed by atoms with Crippen LogP contribution in [0.4, 0.5) is 17.5 Å². The SMILES string of the molecule is CNc1ccc(-c2cn(CCCC(C=O)NC(=O)c3ccc(CCc4cnc5nc(N)nc(N)c5n4)cc3)nn2)c(C)c1.CO.O=CO. The molecule has 5 rings (SSSR count). The summed E-state index contributed by atoms with van der Waals surface area (Å²) in [6.45, 7) is 2.36. The minimum atomic E-state index is -0.607. The van der Waals surface area contributed by atoms with E-state index in [1.807, 2.05) is 44.4 Å². The van der Waals surface area contributed by atoms with E-state index in [0.717, 1.165) is 47.2 Å². The van der Waals surface area contributed by atoms with Crippen molar-refractivity contribution in [2.24, 2.45) is 0 Å². The molecule has 3 aromatic heterocycles. The molecule has 48 heavy (non-hydrogen) atoms. The number of fused-ring (bicyclic) bond motifs is 1. The predicted molar refractivity (Wildman–Crippen MR) is 181 cm³/mol. The molecule has 0 bridgehead atoms. The standard InChI is InChI=1S/C30H33N11O2.CH2O2.CH4O/c1-18-14-21(33-2)11-12-24(18)25-16-41(40-39-25)13-3-4-23(17-42)36-29(43)20-8-5-19(6-9-20)7-10-22-15-34-28-26(35-22)27(31)37-30(32)38-28;2-1-3;1-2/h5-6,8-9,11-12,14-17,23,33H,3-4,7,10,13H2,1-2H3,(H,36,43)(H4,31,32,34,37,38);1H,(H,2,3);2H,1H3. The van der Waals surface area contributed by atoms with Crippen LogP contribution in [-0.2, 0) is 29.0 Å². The minimum absolute atomic E-state index is 0.0545. The average Bonchev–Trinajstić information content (AvgIpc) is 3.56. The number of benzene rings is 2. The highest BCUT2D eigenvalue weighted by Crippen LogP contribution is 2.24. The number of aromatic nitrogens is 7. The summed E-state index contributed by atoms with van der Waals surface area (Å²) in [6.07, 6.45) is 6.72. The third kappa shape index (κ3) is 9.98. The van der Waals surface area contributed by atoms with Crippen LogP contribution in [0.15, 0.2) is 54.9 Å². The molecule has 2 aromatic carbocycles. The number of rotatable bonds is 12. The van der Waals surface area contributed by atoms with Crippen LogP contribution in [0.25, 0.3) is 22.4 Å². The van der Waals surface area contributed by atoms with Gasteiger partial charge in [-0.05, 0) is 68.0 Å². The van der Waals surface area contributed by atoms with E-state index < -0.39 is 6.04 Å². The van der Waals surface area contributed by atoms with E-state index in [9.17, 15) is 9.59 Å². The molecule has 0 aliphatic rings. The molecular formula is C32H39N11O5. The fourth-order valence-electron chi connectivity index (χ4n) is 4.74. The molecule has 0 fully saturated rings. The first kappa shape index (κ1) is 36.4. The number of aryl methyl sites for hydroxylation is 4. The van der Waals surface area contributed by atoms with Crippen molar-refractivity contribution in [3.63, 3.8) is 0 Å². The van der Waals surface area contributed by atoms with Gasteiger partial charge in [0.05, 0.1) is 24.1 Å². The second-order valence-electron chi connectivity index (χ2n) is 10.3. The molecular weight excluding hydrogens is 618 g/mol. The van der Waals surface area contributed by atoms with Gasteiger partial charge in [-0.25, -0.2) is 9.97 Å². The molecule has 0 aliphatic heterocycles. The highest BCUT2D eigenvalue weighted by molar-refractivity contribution is 5.95. The Hall–Kier alpha value is -6.03. The number of aliphatic hydroxyl groups excluding tert-OH is 1. The van der Waals surface area contributed by atoms with Crippen molar-refractivity contribution in [2.45, 2.75) is 45.2 Å². The molecule has 16 nitrogen and oxygen atoms in total. The number of carbonyl (C=O) groups is 3. The fraction of sp³-hybridized carbons (Fsp3) is 0.281. The molecule has 0 aliphatic carbocycles. The van der Waals surface area contributed by atoms with Crippen LogP contribution >= 0.6 is 0 Å². The third-order valence-electron chi connectivity index (χ3n) is 7.10. The van der Waals surface area contributed by atoms with Gasteiger partial charge in [-0.15, -0.1) is 5.10 Å². The summed E-state index contributed by atoms with van der Waals surface area (Å²) in [7, 11) is 2.88. The van der Waals surface area contributed by atoms with E-state index in [1.165, 1.54) is 0 Å². The summed E-state index contributed by atoms with van der Waals surface area (Å²) >= 11 is 0. The zero-order valence-corrected chi connectivity index (χ0v) is 26.9. The van der Waals surface area contributed by atoms with Crippen molar-refractivity contribution in [3.05, 3.63) is 77.2 Å². The molecule has 1 atom stereocenters. The number of nitrogen functional groups attached to an aromatic ring is 2. The lowest BCUT2D eigenvalue weighted by Gasteiger charge is -2.13. The molecule has 8 N–H and O–H groups in total. The van der Waals surface area contributed by atoms with Gasteiger partial charge in [0.1, 0.15) is 12.0 Å². The molecule has 1 unspecified atom stereocenters. The van der Waals surface area contributed by atoms with E-state index in [0.29, 0.717) is 49.0 Å². The Bertz CT molecular complexity index is 1810. The number of carbonyl (C=O) groups excluding carboxylic acids is 2. The number of aliphatic hydroxyl groups is 1. The minimum Gasteiger partial charge on any atom is -0.483 e. The van der Waals surface area contributed by atoms with Crippen molar-refractivity contribution in [3.8, 4) is 11.3 Å². The van der Waals surface area contributed by atoms with E-state index >= 15 is 0 Å². The molecule has 0 spiro atoms. The van der Waals surface area contributed by atoms with Gasteiger partial charge in [0, 0.05) is 37.5 Å². The van der Waals surface area contributed by atoms with Crippen molar-refractivity contribution < 1.29 is 24.6 Å². The predicted octanol–water partition coefficient (Wildman–Crippen LogP) is 2.07. The van der Waals surface area contributed by atoms with E-state index in [-0.39, 0.29) is 24.1 Å². The molecule has 252 valence electrons. The third-order valence-corrected chi connectivity index (χ3v) is 7.10. The number of hydrogen-bond acceptors (Lipinski definition) is 13. The van der Waals surface area contributed by atoms with Gasteiger partial charge in [0.15, 0.2) is 17.0 Å². The molecule has 0 saturated carbocycles. The van der Waals surface area contributed by atoms with Crippen LogP contribution in [0.5, 0.6) is 0 Å². The maximum Gasteiger partial charge on any atom is 0.290 e. The number of nitrogens with zero attached hydrogens (tertiary/aromatic N) is 7. The second-order valence-corrected chi connectivity index (χ2v) is 10.3.